The van der Waals surface area contributed by atoms with Gasteiger partial charge in [0, 0.05) is 50.4 Å². The molecular weight excluding hydrogens is 384 g/mol. The van der Waals surface area contributed by atoms with Gasteiger partial charge in [0.1, 0.15) is 17.7 Å². The topological polar surface area (TPSA) is 41.7 Å². The molecule has 5 atom stereocenters. The van der Waals surface area contributed by atoms with E-state index in [0.717, 1.165) is 51.3 Å². The van der Waals surface area contributed by atoms with Crippen LogP contribution >= 0.6 is 0 Å². The highest BCUT2D eigenvalue weighted by atomic mass is 19.1. The van der Waals surface area contributed by atoms with Gasteiger partial charge in [-0.25, -0.2) is 8.78 Å². The molecule has 3 aliphatic heterocycles. The molecule has 5 rings (SSSR count). The van der Waals surface area contributed by atoms with Gasteiger partial charge in [0.25, 0.3) is 0 Å². The van der Waals surface area contributed by atoms with Crippen molar-refractivity contribution >= 4 is 0 Å². The summed E-state index contributed by atoms with van der Waals surface area (Å²) in [5.41, 5.74) is 7.97. The van der Waals surface area contributed by atoms with Gasteiger partial charge in [0.05, 0.1) is 6.61 Å². The minimum Gasteiger partial charge on any atom is -0.370 e. The Kier molecular flexibility index (Phi) is 5.58. The third-order valence-electron chi connectivity index (χ3n) is 7.02. The highest BCUT2D eigenvalue weighted by molar-refractivity contribution is 5.23. The van der Waals surface area contributed by atoms with E-state index in [9.17, 15) is 8.78 Å². The molecule has 0 aromatic heterocycles. The Hall–Kier alpha value is -1.86. The van der Waals surface area contributed by atoms with Crippen molar-refractivity contribution in [1.29, 1.82) is 0 Å². The van der Waals surface area contributed by atoms with Gasteiger partial charge in [0.2, 0.25) is 0 Å². The second-order valence-corrected chi connectivity index (χ2v) is 9.13. The lowest BCUT2D eigenvalue weighted by atomic mass is 9.93. The smallest absolute Gasteiger partial charge is 0.129 e. The molecule has 2 aromatic carbocycles. The second-order valence-electron chi connectivity index (χ2n) is 9.13. The maximum Gasteiger partial charge on any atom is 0.129 e. The average Bonchev–Trinajstić information content (AvgIpc) is 3.29. The summed E-state index contributed by atoms with van der Waals surface area (Å²) in [6.07, 6.45) is 0.161. The molecule has 3 aliphatic rings. The molecule has 0 aliphatic carbocycles. The number of nitrogens with zero attached hydrogens (tertiary/aromatic N) is 2. The minimum atomic E-state index is -0.583. The number of benzene rings is 2. The van der Waals surface area contributed by atoms with Gasteiger partial charge < -0.3 is 10.5 Å². The number of fused-ring (bicyclic) bond motifs is 1. The van der Waals surface area contributed by atoms with Gasteiger partial charge in [-0.1, -0.05) is 30.3 Å². The van der Waals surface area contributed by atoms with Crippen molar-refractivity contribution in [3.8, 4) is 0 Å². The lowest BCUT2D eigenvalue weighted by Gasteiger charge is -2.39. The second kappa shape index (κ2) is 8.35. The highest BCUT2D eigenvalue weighted by Gasteiger charge is 2.44. The summed E-state index contributed by atoms with van der Waals surface area (Å²) >= 11 is 0. The van der Waals surface area contributed by atoms with Crippen LogP contribution in [0.15, 0.2) is 48.5 Å². The largest absolute Gasteiger partial charge is 0.370 e. The van der Waals surface area contributed by atoms with Crippen molar-refractivity contribution in [2.75, 3.05) is 32.8 Å². The van der Waals surface area contributed by atoms with E-state index in [1.54, 1.807) is 0 Å². The van der Waals surface area contributed by atoms with Crippen LogP contribution in [0.3, 0.4) is 0 Å². The molecule has 0 amide bonds. The molecule has 6 heteroatoms. The first-order chi connectivity index (χ1) is 14.6. The van der Waals surface area contributed by atoms with Crippen LogP contribution in [0, 0.1) is 23.5 Å². The van der Waals surface area contributed by atoms with Gasteiger partial charge >= 0.3 is 0 Å². The molecule has 3 saturated heterocycles. The molecule has 0 bridgehead atoms. The predicted octanol–water partition coefficient (Wildman–Crippen LogP) is 3.19. The highest BCUT2D eigenvalue weighted by Crippen LogP contribution is 2.37. The van der Waals surface area contributed by atoms with E-state index in [1.807, 2.05) is 0 Å². The number of halogens is 2. The predicted molar refractivity (Wildman–Crippen MR) is 112 cm³/mol. The van der Waals surface area contributed by atoms with Gasteiger partial charge in [0.15, 0.2) is 0 Å². The number of hydrogen-bond acceptors (Lipinski definition) is 4. The van der Waals surface area contributed by atoms with E-state index in [4.69, 9.17) is 10.5 Å². The lowest BCUT2D eigenvalue weighted by molar-refractivity contribution is -0.0488. The Morgan fingerprint density at radius 2 is 1.70 bits per heavy atom. The first-order valence-corrected chi connectivity index (χ1v) is 10.9. The van der Waals surface area contributed by atoms with Crippen molar-refractivity contribution in [1.82, 2.24) is 9.80 Å². The summed E-state index contributed by atoms with van der Waals surface area (Å²) in [6, 6.07) is 14.0. The van der Waals surface area contributed by atoms with E-state index in [-0.39, 0.29) is 17.6 Å². The van der Waals surface area contributed by atoms with Crippen LogP contribution in [-0.2, 0) is 11.3 Å². The van der Waals surface area contributed by atoms with Crippen molar-refractivity contribution in [2.24, 2.45) is 17.6 Å². The van der Waals surface area contributed by atoms with E-state index in [0.29, 0.717) is 18.4 Å². The molecule has 0 saturated carbocycles. The van der Waals surface area contributed by atoms with E-state index >= 15 is 0 Å². The van der Waals surface area contributed by atoms with Gasteiger partial charge in [-0.15, -0.1) is 0 Å². The van der Waals surface area contributed by atoms with Crippen LogP contribution in [0.4, 0.5) is 8.78 Å². The molecule has 4 nitrogen and oxygen atoms in total. The molecule has 2 N–H and O–H groups in total. The monoisotopic (exact) mass is 413 g/mol. The maximum atomic E-state index is 14.2. The number of nitrogens with two attached hydrogens (primary N) is 1. The quantitative estimate of drug-likeness (QED) is 0.836. The lowest BCUT2D eigenvalue weighted by Crippen LogP contribution is -2.49. The molecule has 30 heavy (non-hydrogen) atoms. The van der Waals surface area contributed by atoms with Crippen molar-refractivity contribution in [3.05, 3.63) is 71.3 Å². The summed E-state index contributed by atoms with van der Waals surface area (Å²) in [5, 5.41) is 0. The Labute approximate surface area is 176 Å². The van der Waals surface area contributed by atoms with E-state index in [1.165, 1.54) is 11.6 Å². The zero-order valence-electron chi connectivity index (χ0n) is 17.1. The Morgan fingerprint density at radius 3 is 2.40 bits per heavy atom. The van der Waals surface area contributed by atoms with Crippen molar-refractivity contribution in [3.63, 3.8) is 0 Å². The summed E-state index contributed by atoms with van der Waals surface area (Å²) in [5.74, 6) is 0.452. The van der Waals surface area contributed by atoms with Gasteiger partial charge in [-0.2, -0.15) is 0 Å². The molecule has 3 heterocycles. The molecule has 0 radical (unpaired) electrons. The Bertz CT molecular complexity index is 866. The molecule has 3 fully saturated rings. The standard InChI is InChI=1S/C24H29F2N3O/c25-19-6-7-22(26)21(8-19)24-23(27)9-20(15-30-24)29-13-17-11-28(12-18(17)14-29)10-16-4-2-1-3-5-16/h1-8,17-18,20,23-24H,9-15,27H2/t17?,18?,20?,23-,24+/m0/s1. The SMILES string of the molecule is N[C@H]1CC(N2CC3CN(Cc4ccccc4)CC3C2)CO[C@@H]1c1cc(F)ccc1F. The first kappa shape index (κ1) is 20.1. The molecule has 0 spiro atoms. The van der Waals surface area contributed by atoms with Crippen molar-refractivity contribution < 1.29 is 13.5 Å². The molecule has 2 aromatic rings. The average molecular weight is 414 g/mol. The number of ether oxygens (including phenoxy) is 1. The molecule has 160 valence electrons. The minimum absolute atomic E-state index is 0.232. The number of rotatable bonds is 4. The Morgan fingerprint density at radius 1 is 0.967 bits per heavy atom. The zero-order valence-corrected chi connectivity index (χ0v) is 17.1. The third kappa shape index (κ3) is 4.02. The zero-order chi connectivity index (χ0) is 20.7. The maximum absolute atomic E-state index is 14.2. The summed E-state index contributed by atoms with van der Waals surface area (Å²) < 4.78 is 33.7. The first-order valence-electron chi connectivity index (χ1n) is 10.9. The van der Waals surface area contributed by atoms with Gasteiger partial charge in [-0.05, 0) is 42.0 Å². The molecule has 3 unspecified atom stereocenters. The number of hydrogen-bond donors (Lipinski definition) is 1. The van der Waals surface area contributed by atoms with Crippen LogP contribution in [-0.4, -0.2) is 54.7 Å². The van der Waals surface area contributed by atoms with Crippen LogP contribution in [0.2, 0.25) is 0 Å². The number of likely N-dealkylation sites (tertiary alicyclic amines) is 2. The summed E-state index contributed by atoms with van der Waals surface area (Å²) in [4.78, 5) is 5.07. The molecular formula is C24H29F2N3O. The normalized spacial score (nSPS) is 32.4. The van der Waals surface area contributed by atoms with Crippen molar-refractivity contribution in [2.45, 2.75) is 31.2 Å². The fourth-order valence-electron chi connectivity index (χ4n) is 5.55. The van der Waals surface area contributed by atoms with Crippen LogP contribution < -0.4 is 5.73 Å². The Balaban J connectivity index is 1.16. The third-order valence-corrected chi connectivity index (χ3v) is 7.02. The fourth-order valence-corrected chi connectivity index (χ4v) is 5.55. The van der Waals surface area contributed by atoms with Crippen LogP contribution in [0.1, 0.15) is 23.7 Å². The fraction of sp³-hybridized carbons (Fsp3) is 0.500. The van der Waals surface area contributed by atoms with Gasteiger partial charge in [-0.3, -0.25) is 9.80 Å². The van der Waals surface area contributed by atoms with E-state index < -0.39 is 17.7 Å². The van der Waals surface area contributed by atoms with Crippen LogP contribution in [0.25, 0.3) is 0 Å². The summed E-state index contributed by atoms with van der Waals surface area (Å²) in [7, 11) is 0. The summed E-state index contributed by atoms with van der Waals surface area (Å²) in [6.45, 7) is 5.93. The van der Waals surface area contributed by atoms with Crippen LogP contribution in [0.5, 0.6) is 0 Å². The van der Waals surface area contributed by atoms with E-state index in [2.05, 4.69) is 40.1 Å².